The van der Waals surface area contributed by atoms with Crippen LogP contribution in [0.15, 0.2) is 45.5 Å². The lowest BCUT2D eigenvalue weighted by molar-refractivity contribution is -0.116. The van der Waals surface area contributed by atoms with E-state index in [2.05, 4.69) is 37.2 Å². The third-order valence-corrected chi connectivity index (χ3v) is 5.03. The molecule has 0 spiro atoms. The van der Waals surface area contributed by atoms with Crippen molar-refractivity contribution in [1.29, 1.82) is 0 Å². The van der Waals surface area contributed by atoms with Crippen LogP contribution in [0.5, 0.6) is 0 Å². The molecule has 0 fully saturated rings. The molecule has 0 aliphatic carbocycles. The summed E-state index contributed by atoms with van der Waals surface area (Å²) >= 11 is 6.87. The Hall–Kier alpha value is -1.92. The van der Waals surface area contributed by atoms with Crippen LogP contribution in [0.2, 0.25) is 0 Å². The van der Waals surface area contributed by atoms with Crippen LogP contribution in [0.4, 0.5) is 5.69 Å². The van der Waals surface area contributed by atoms with Gasteiger partial charge in [-0.05, 0) is 55.3 Å². The first kappa shape index (κ1) is 17.9. The molecule has 6 heteroatoms. The summed E-state index contributed by atoms with van der Waals surface area (Å²) < 4.78 is 3.68. The molecule has 3 rings (SSSR count). The zero-order chi connectivity index (χ0) is 18.1. The number of aromatic nitrogens is 1. The molecule has 0 aliphatic rings. The number of halogens is 2. The summed E-state index contributed by atoms with van der Waals surface area (Å²) in [6.45, 7) is 4.06. The number of anilines is 1. The summed E-state index contributed by atoms with van der Waals surface area (Å²) in [6, 6.07) is 9.62. The van der Waals surface area contributed by atoms with Gasteiger partial charge in [0.1, 0.15) is 6.54 Å². The lowest BCUT2D eigenvalue weighted by Crippen LogP contribution is -2.19. The van der Waals surface area contributed by atoms with Crippen molar-refractivity contribution >= 4 is 60.6 Å². The van der Waals surface area contributed by atoms with Crippen molar-refractivity contribution in [2.45, 2.75) is 20.4 Å². The third-order valence-electron chi connectivity index (χ3n) is 4.08. The van der Waals surface area contributed by atoms with Gasteiger partial charge in [-0.15, -0.1) is 0 Å². The molecule has 1 N–H and O–H groups in total. The average molecular weight is 464 g/mol. The first-order valence-electron chi connectivity index (χ1n) is 7.69. The molecular formula is C19H16Br2N2O2. The Morgan fingerprint density at radius 1 is 1.12 bits per heavy atom. The van der Waals surface area contributed by atoms with E-state index >= 15 is 0 Å². The number of carbonyl (C=O) groups excluding carboxylic acids is 2. The summed E-state index contributed by atoms with van der Waals surface area (Å²) in [5.74, 6) is -0.134. The highest BCUT2D eigenvalue weighted by Gasteiger charge is 2.13. The maximum atomic E-state index is 12.5. The number of benzene rings is 2. The molecule has 0 bridgehead atoms. The van der Waals surface area contributed by atoms with Crippen LogP contribution in [0.3, 0.4) is 0 Å². The number of fused-ring (bicyclic) bond motifs is 1. The number of hydrogen-bond acceptors (Lipinski definition) is 2. The van der Waals surface area contributed by atoms with Gasteiger partial charge < -0.3 is 9.88 Å². The Bertz CT molecular complexity index is 969. The monoisotopic (exact) mass is 462 g/mol. The summed E-state index contributed by atoms with van der Waals surface area (Å²) in [7, 11) is 0. The zero-order valence-electron chi connectivity index (χ0n) is 13.8. The van der Waals surface area contributed by atoms with Gasteiger partial charge >= 0.3 is 0 Å². The molecule has 0 radical (unpaired) electrons. The minimum Gasteiger partial charge on any atom is -0.337 e. The molecule has 0 saturated carbocycles. The van der Waals surface area contributed by atoms with E-state index in [1.807, 2.05) is 44.2 Å². The number of aldehydes is 1. The lowest BCUT2D eigenvalue weighted by atomic mass is 10.1. The Morgan fingerprint density at radius 2 is 1.80 bits per heavy atom. The quantitative estimate of drug-likeness (QED) is 0.538. The molecule has 1 amide bonds. The summed E-state index contributed by atoms with van der Waals surface area (Å²) in [4.78, 5) is 23.8. The highest BCUT2D eigenvalue weighted by atomic mass is 79.9. The standard InChI is InChI=1S/C19H16Br2N2O2/c1-11-5-15(21)6-12(2)19(11)22-18(25)9-23-8-13(10-24)16-7-14(20)3-4-17(16)23/h3-8,10H,9H2,1-2H3,(H,22,25). The Morgan fingerprint density at radius 3 is 2.44 bits per heavy atom. The average Bonchev–Trinajstić information content (AvgIpc) is 2.87. The number of rotatable bonds is 4. The molecule has 1 heterocycles. The second-order valence-corrected chi connectivity index (χ2v) is 7.79. The van der Waals surface area contributed by atoms with Crippen molar-refractivity contribution in [3.8, 4) is 0 Å². The minimum absolute atomic E-state index is 0.134. The molecule has 128 valence electrons. The highest BCUT2D eigenvalue weighted by molar-refractivity contribution is 9.10. The SMILES string of the molecule is Cc1cc(Br)cc(C)c1NC(=O)Cn1cc(C=O)c2cc(Br)ccc21. The van der Waals surface area contributed by atoms with Gasteiger partial charge in [0.25, 0.3) is 0 Å². The van der Waals surface area contributed by atoms with Crippen LogP contribution in [0.25, 0.3) is 10.9 Å². The number of nitrogens with one attached hydrogen (secondary N) is 1. The van der Waals surface area contributed by atoms with E-state index in [1.165, 1.54) is 0 Å². The largest absolute Gasteiger partial charge is 0.337 e. The zero-order valence-corrected chi connectivity index (χ0v) is 16.9. The van der Waals surface area contributed by atoms with E-state index < -0.39 is 0 Å². The molecule has 2 aromatic carbocycles. The maximum Gasteiger partial charge on any atom is 0.244 e. The third kappa shape index (κ3) is 3.70. The number of aryl methyl sites for hydroxylation is 2. The number of nitrogens with zero attached hydrogens (tertiary/aromatic N) is 1. The van der Waals surface area contributed by atoms with Gasteiger partial charge in [-0.3, -0.25) is 9.59 Å². The number of amides is 1. The van der Waals surface area contributed by atoms with Gasteiger partial charge in [-0.2, -0.15) is 0 Å². The van der Waals surface area contributed by atoms with Gasteiger partial charge in [0.05, 0.1) is 0 Å². The molecule has 0 unspecified atom stereocenters. The van der Waals surface area contributed by atoms with E-state index in [-0.39, 0.29) is 12.5 Å². The minimum atomic E-state index is -0.134. The number of hydrogen-bond donors (Lipinski definition) is 1. The van der Waals surface area contributed by atoms with E-state index in [1.54, 1.807) is 10.8 Å². The van der Waals surface area contributed by atoms with Crippen molar-refractivity contribution < 1.29 is 9.59 Å². The van der Waals surface area contributed by atoms with Crippen LogP contribution < -0.4 is 5.32 Å². The Balaban J connectivity index is 1.89. The van der Waals surface area contributed by atoms with E-state index in [9.17, 15) is 9.59 Å². The predicted octanol–water partition coefficient (Wildman–Crippen LogP) is 5.23. The van der Waals surface area contributed by atoms with E-state index in [4.69, 9.17) is 0 Å². The lowest BCUT2D eigenvalue weighted by Gasteiger charge is -2.13. The fourth-order valence-electron chi connectivity index (χ4n) is 2.96. The molecule has 4 nitrogen and oxygen atoms in total. The molecule has 1 aromatic heterocycles. The van der Waals surface area contributed by atoms with Crippen LogP contribution in [-0.4, -0.2) is 16.8 Å². The van der Waals surface area contributed by atoms with Crippen molar-refractivity contribution in [3.63, 3.8) is 0 Å². The molecule has 3 aromatic rings. The van der Waals surface area contributed by atoms with Crippen LogP contribution in [0, 0.1) is 13.8 Å². The molecular weight excluding hydrogens is 448 g/mol. The van der Waals surface area contributed by atoms with Crippen molar-refractivity contribution in [1.82, 2.24) is 4.57 Å². The molecule has 0 atom stereocenters. The van der Waals surface area contributed by atoms with Gasteiger partial charge in [0.2, 0.25) is 5.91 Å². The number of carbonyl (C=O) groups is 2. The van der Waals surface area contributed by atoms with Gasteiger partial charge in [-0.25, -0.2) is 0 Å². The maximum absolute atomic E-state index is 12.5. The van der Waals surface area contributed by atoms with Crippen molar-refractivity contribution in [2.24, 2.45) is 0 Å². The fraction of sp³-hybridized carbons (Fsp3) is 0.158. The summed E-state index contributed by atoms with van der Waals surface area (Å²) in [5.41, 5.74) is 4.23. The predicted molar refractivity (Wildman–Crippen MR) is 107 cm³/mol. The van der Waals surface area contributed by atoms with Crippen molar-refractivity contribution in [2.75, 3.05) is 5.32 Å². The van der Waals surface area contributed by atoms with Gasteiger partial charge in [0, 0.05) is 37.3 Å². The first-order valence-corrected chi connectivity index (χ1v) is 9.28. The van der Waals surface area contributed by atoms with Crippen LogP contribution in [0.1, 0.15) is 21.5 Å². The highest BCUT2D eigenvalue weighted by Crippen LogP contribution is 2.26. The topological polar surface area (TPSA) is 51.1 Å². The molecule has 25 heavy (non-hydrogen) atoms. The Kier molecular flexibility index (Phi) is 5.11. The summed E-state index contributed by atoms with van der Waals surface area (Å²) in [5, 5.41) is 3.81. The summed E-state index contributed by atoms with van der Waals surface area (Å²) in [6.07, 6.45) is 2.52. The van der Waals surface area contributed by atoms with Crippen LogP contribution >= 0.6 is 31.9 Å². The first-order chi connectivity index (χ1) is 11.9. The second-order valence-electron chi connectivity index (χ2n) is 5.95. The van der Waals surface area contributed by atoms with Crippen molar-refractivity contribution in [3.05, 3.63) is 62.2 Å². The van der Waals surface area contributed by atoms with Gasteiger partial charge in [-0.1, -0.05) is 31.9 Å². The second kappa shape index (κ2) is 7.14. The van der Waals surface area contributed by atoms with E-state index in [0.29, 0.717) is 5.56 Å². The smallest absolute Gasteiger partial charge is 0.244 e. The molecule has 0 saturated heterocycles. The van der Waals surface area contributed by atoms with E-state index in [0.717, 1.165) is 42.9 Å². The normalized spacial score (nSPS) is 10.9. The molecule has 0 aliphatic heterocycles. The Labute approximate surface area is 162 Å². The van der Waals surface area contributed by atoms with Crippen LogP contribution in [-0.2, 0) is 11.3 Å². The fourth-order valence-corrected chi connectivity index (χ4v) is 4.01. The van der Waals surface area contributed by atoms with Gasteiger partial charge in [0.15, 0.2) is 6.29 Å².